The molecule has 0 aliphatic rings. The van der Waals surface area contributed by atoms with E-state index in [1.165, 1.54) is 83.5 Å². The number of carbonyl (C=O) groups excluding carboxylic acids is 1. The topological polar surface area (TPSA) is 23.6 Å². The van der Waals surface area contributed by atoms with Gasteiger partial charge in [0.25, 0.3) is 0 Å². The second-order valence-electron chi connectivity index (χ2n) is 8.83. The van der Waals surface area contributed by atoms with Crippen molar-refractivity contribution in [3.8, 4) is 0 Å². The standard InChI is InChI=1S/C25H50N2O/c1-6-7-8-9-10-11-12-13-14-15-16-17-18-19-22-27(25(28)24(2)3)23-20-21-26(4)5/h2,6-23H2,1,3-5H3. The van der Waals surface area contributed by atoms with Gasteiger partial charge in [0.2, 0.25) is 5.91 Å². The van der Waals surface area contributed by atoms with E-state index in [1.807, 2.05) is 11.8 Å². The van der Waals surface area contributed by atoms with Gasteiger partial charge in [-0.05, 0) is 40.4 Å². The predicted octanol–water partition coefficient (Wildman–Crippen LogP) is 6.82. The molecule has 0 aromatic rings. The monoisotopic (exact) mass is 394 g/mol. The van der Waals surface area contributed by atoms with Crippen LogP contribution in [-0.4, -0.2) is 49.4 Å². The van der Waals surface area contributed by atoms with Crippen LogP contribution in [0.4, 0.5) is 0 Å². The van der Waals surface area contributed by atoms with Crippen LogP contribution in [0.2, 0.25) is 0 Å². The van der Waals surface area contributed by atoms with Crippen LogP contribution in [0, 0.1) is 0 Å². The van der Waals surface area contributed by atoms with Crippen molar-refractivity contribution in [3.63, 3.8) is 0 Å². The molecule has 0 aromatic heterocycles. The van der Waals surface area contributed by atoms with Crippen LogP contribution in [0.1, 0.15) is 110 Å². The molecule has 0 saturated heterocycles. The molecular weight excluding hydrogens is 344 g/mol. The van der Waals surface area contributed by atoms with Gasteiger partial charge in [-0.25, -0.2) is 0 Å². The summed E-state index contributed by atoms with van der Waals surface area (Å²) in [7, 11) is 4.16. The van der Waals surface area contributed by atoms with Gasteiger partial charge in [0.05, 0.1) is 0 Å². The van der Waals surface area contributed by atoms with E-state index in [4.69, 9.17) is 0 Å². The number of unbranched alkanes of at least 4 members (excludes halogenated alkanes) is 13. The number of carbonyl (C=O) groups is 1. The fourth-order valence-corrected chi connectivity index (χ4v) is 3.66. The van der Waals surface area contributed by atoms with Gasteiger partial charge in [0, 0.05) is 18.7 Å². The van der Waals surface area contributed by atoms with Crippen molar-refractivity contribution in [2.24, 2.45) is 0 Å². The van der Waals surface area contributed by atoms with E-state index in [0.29, 0.717) is 5.57 Å². The maximum absolute atomic E-state index is 12.3. The Balaban J connectivity index is 3.60. The van der Waals surface area contributed by atoms with Gasteiger partial charge in [-0.3, -0.25) is 4.79 Å². The molecule has 0 atom stereocenters. The predicted molar refractivity (Wildman–Crippen MR) is 125 cm³/mol. The Morgan fingerprint density at radius 3 is 1.43 bits per heavy atom. The lowest BCUT2D eigenvalue weighted by atomic mass is 10.0. The SMILES string of the molecule is C=C(C)C(=O)N(CCCCCCCCCCCCCCCC)CCCN(C)C. The normalized spacial score (nSPS) is 11.2. The summed E-state index contributed by atoms with van der Waals surface area (Å²) in [5.74, 6) is 0.133. The second kappa shape index (κ2) is 19.5. The maximum Gasteiger partial charge on any atom is 0.248 e. The molecule has 0 rings (SSSR count). The Bertz CT molecular complexity index is 379. The van der Waals surface area contributed by atoms with Crippen molar-refractivity contribution in [1.29, 1.82) is 0 Å². The molecule has 0 unspecified atom stereocenters. The zero-order valence-corrected chi connectivity index (χ0v) is 19.7. The third-order valence-corrected chi connectivity index (χ3v) is 5.47. The first-order valence-corrected chi connectivity index (χ1v) is 12.1. The molecule has 0 fully saturated rings. The van der Waals surface area contributed by atoms with Crippen LogP contribution < -0.4 is 0 Å². The molecule has 0 heterocycles. The molecule has 0 spiro atoms. The molecule has 0 N–H and O–H groups in total. The molecule has 3 nitrogen and oxygen atoms in total. The summed E-state index contributed by atoms with van der Waals surface area (Å²) in [6, 6.07) is 0. The maximum atomic E-state index is 12.3. The molecule has 3 heteroatoms. The Labute approximate surface area is 176 Å². The van der Waals surface area contributed by atoms with Crippen LogP contribution >= 0.6 is 0 Å². The molecule has 0 aliphatic heterocycles. The smallest absolute Gasteiger partial charge is 0.248 e. The zero-order valence-electron chi connectivity index (χ0n) is 19.7. The Morgan fingerprint density at radius 2 is 1.04 bits per heavy atom. The average molecular weight is 395 g/mol. The first-order valence-electron chi connectivity index (χ1n) is 12.1. The first-order chi connectivity index (χ1) is 13.5. The summed E-state index contributed by atoms with van der Waals surface area (Å²) in [5, 5.41) is 0. The van der Waals surface area contributed by atoms with Gasteiger partial charge in [0.1, 0.15) is 0 Å². The van der Waals surface area contributed by atoms with E-state index >= 15 is 0 Å². The minimum absolute atomic E-state index is 0.133. The van der Waals surface area contributed by atoms with Crippen LogP contribution in [0.5, 0.6) is 0 Å². The van der Waals surface area contributed by atoms with Crippen molar-refractivity contribution in [2.45, 2.75) is 110 Å². The van der Waals surface area contributed by atoms with Crippen molar-refractivity contribution in [1.82, 2.24) is 9.80 Å². The lowest BCUT2D eigenvalue weighted by molar-refractivity contribution is -0.127. The zero-order chi connectivity index (χ0) is 21.0. The second-order valence-corrected chi connectivity index (χ2v) is 8.83. The van der Waals surface area contributed by atoms with Crippen molar-refractivity contribution in [2.75, 3.05) is 33.7 Å². The highest BCUT2D eigenvalue weighted by Gasteiger charge is 2.13. The number of rotatable bonds is 20. The number of hydrogen-bond donors (Lipinski definition) is 0. The van der Waals surface area contributed by atoms with Gasteiger partial charge < -0.3 is 9.80 Å². The Hall–Kier alpha value is -0.830. The van der Waals surface area contributed by atoms with E-state index < -0.39 is 0 Å². The van der Waals surface area contributed by atoms with Gasteiger partial charge in [-0.15, -0.1) is 0 Å². The van der Waals surface area contributed by atoms with E-state index in [-0.39, 0.29) is 5.91 Å². The lowest BCUT2D eigenvalue weighted by Gasteiger charge is -2.23. The van der Waals surface area contributed by atoms with Gasteiger partial charge in [0.15, 0.2) is 0 Å². The highest BCUT2D eigenvalue weighted by atomic mass is 16.2. The average Bonchev–Trinajstić information content (AvgIpc) is 2.65. The largest absolute Gasteiger partial charge is 0.339 e. The minimum Gasteiger partial charge on any atom is -0.339 e. The molecule has 166 valence electrons. The molecule has 1 amide bonds. The highest BCUT2D eigenvalue weighted by molar-refractivity contribution is 5.92. The summed E-state index contributed by atoms with van der Waals surface area (Å²) >= 11 is 0. The highest BCUT2D eigenvalue weighted by Crippen LogP contribution is 2.13. The molecule has 0 aromatic carbocycles. The fourth-order valence-electron chi connectivity index (χ4n) is 3.66. The third-order valence-electron chi connectivity index (χ3n) is 5.47. The van der Waals surface area contributed by atoms with Crippen LogP contribution in [0.3, 0.4) is 0 Å². The van der Waals surface area contributed by atoms with Crippen molar-refractivity contribution in [3.05, 3.63) is 12.2 Å². The summed E-state index contributed by atoms with van der Waals surface area (Å²) < 4.78 is 0. The molecule has 0 aliphatic carbocycles. The van der Waals surface area contributed by atoms with Crippen LogP contribution in [-0.2, 0) is 4.79 Å². The van der Waals surface area contributed by atoms with Crippen LogP contribution in [0.25, 0.3) is 0 Å². The van der Waals surface area contributed by atoms with Crippen LogP contribution in [0.15, 0.2) is 12.2 Å². The van der Waals surface area contributed by atoms with E-state index in [0.717, 1.165) is 32.5 Å². The number of nitrogens with zero attached hydrogens (tertiary/aromatic N) is 2. The summed E-state index contributed by atoms with van der Waals surface area (Å²) in [5.41, 5.74) is 0.662. The molecule has 0 radical (unpaired) electrons. The third kappa shape index (κ3) is 17.3. The first kappa shape index (κ1) is 27.2. The number of hydrogen-bond acceptors (Lipinski definition) is 2. The van der Waals surface area contributed by atoms with E-state index in [2.05, 4.69) is 32.5 Å². The molecule has 28 heavy (non-hydrogen) atoms. The molecule has 0 saturated carbocycles. The fraction of sp³-hybridized carbons (Fsp3) is 0.880. The van der Waals surface area contributed by atoms with Gasteiger partial charge in [-0.1, -0.05) is 97.0 Å². The van der Waals surface area contributed by atoms with Crippen molar-refractivity contribution < 1.29 is 4.79 Å². The summed E-state index contributed by atoms with van der Waals surface area (Å²) in [6.45, 7) is 10.7. The Kier molecular flexibility index (Phi) is 18.9. The van der Waals surface area contributed by atoms with E-state index in [9.17, 15) is 4.79 Å². The van der Waals surface area contributed by atoms with Gasteiger partial charge >= 0.3 is 0 Å². The van der Waals surface area contributed by atoms with E-state index in [1.54, 1.807) is 0 Å². The van der Waals surface area contributed by atoms with Crippen molar-refractivity contribution >= 4 is 5.91 Å². The molecular formula is C25H50N2O. The quantitative estimate of drug-likeness (QED) is 0.167. The summed E-state index contributed by atoms with van der Waals surface area (Å²) in [4.78, 5) is 16.5. The summed E-state index contributed by atoms with van der Waals surface area (Å²) in [6.07, 6.45) is 20.2. The number of amides is 1. The minimum atomic E-state index is 0.133. The molecule has 0 bridgehead atoms. The Morgan fingerprint density at radius 1 is 0.643 bits per heavy atom. The van der Waals surface area contributed by atoms with Gasteiger partial charge in [-0.2, -0.15) is 0 Å². The lowest BCUT2D eigenvalue weighted by Crippen LogP contribution is -2.34.